The smallest absolute Gasteiger partial charge is 0.265 e. The molecule has 2 heterocycles. The van der Waals surface area contributed by atoms with Gasteiger partial charge in [-0.2, -0.15) is 4.31 Å². The molecule has 1 atom stereocenters. The summed E-state index contributed by atoms with van der Waals surface area (Å²) in [5, 5.41) is 2.66. The molecule has 0 spiro atoms. The van der Waals surface area contributed by atoms with Crippen LogP contribution in [0.5, 0.6) is 11.5 Å². The fourth-order valence-electron chi connectivity index (χ4n) is 3.43. The van der Waals surface area contributed by atoms with Gasteiger partial charge < -0.3 is 19.7 Å². The van der Waals surface area contributed by atoms with Crippen molar-refractivity contribution in [2.24, 2.45) is 0 Å². The fourth-order valence-corrected chi connectivity index (χ4v) is 4.88. The second-order valence-electron chi connectivity index (χ2n) is 7.29. The molecule has 2 amide bonds. The van der Waals surface area contributed by atoms with Crippen LogP contribution in [-0.4, -0.2) is 68.3 Å². The number of rotatable bonds is 5. The summed E-state index contributed by atoms with van der Waals surface area (Å²) in [5.74, 6) is 0.519. The van der Waals surface area contributed by atoms with Gasteiger partial charge in [-0.1, -0.05) is 18.2 Å². The Labute approximate surface area is 180 Å². The molecule has 0 aliphatic carbocycles. The maximum Gasteiger partial charge on any atom is 0.265 e. The zero-order valence-electron chi connectivity index (χ0n) is 17.0. The molecule has 0 unspecified atom stereocenters. The van der Waals surface area contributed by atoms with Crippen LogP contribution in [-0.2, 0) is 19.6 Å². The molecule has 31 heavy (non-hydrogen) atoms. The minimum Gasteiger partial charge on any atom is -0.484 e. The zero-order valence-corrected chi connectivity index (χ0v) is 17.8. The number of carbonyl (C=O) groups excluding carboxylic acids is 2. The molecule has 164 valence electrons. The first kappa shape index (κ1) is 21.1. The van der Waals surface area contributed by atoms with Gasteiger partial charge in [0.1, 0.15) is 11.5 Å². The lowest BCUT2D eigenvalue weighted by atomic mass is 10.2. The van der Waals surface area contributed by atoms with Crippen LogP contribution in [0.1, 0.15) is 6.92 Å². The van der Waals surface area contributed by atoms with E-state index in [1.165, 1.54) is 16.4 Å². The number of fused-ring (bicyclic) bond motifs is 1. The maximum absolute atomic E-state index is 13.1. The number of hydrogen-bond donors (Lipinski definition) is 1. The second-order valence-corrected chi connectivity index (χ2v) is 9.23. The second kappa shape index (κ2) is 8.56. The summed E-state index contributed by atoms with van der Waals surface area (Å²) in [6, 6.07) is 13.4. The molecule has 1 fully saturated rings. The highest BCUT2D eigenvalue weighted by molar-refractivity contribution is 7.89. The molecular weight excluding hydrogens is 422 g/mol. The number of ether oxygens (including phenoxy) is 2. The zero-order chi connectivity index (χ0) is 22.0. The van der Waals surface area contributed by atoms with Crippen molar-refractivity contribution >= 4 is 27.5 Å². The number of piperazine rings is 1. The van der Waals surface area contributed by atoms with Crippen LogP contribution in [0.25, 0.3) is 0 Å². The van der Waals surface area contributed by atoms with Gasteiger partial charge in [0, 0.05) is 26.2 Å². The lowest BCUT2D eigenvalue weighted by Crippen LogP contribution is -2.51. The Balaban J connectivity index is 1.37. The number of para-hydroxylation sites is 1. The van der Waals surface area contributed by atoms with E-state index in [4.69, 9.17) is 9.47 Å². The number of amides is 2. The van der Waals surface area contributed by atoms with Crippen molar-refractivity contribution in [3.63, 3.8) is 0 Å². The van der Waals surface area contributed by atoms with Gasteiger partial charge in [-0.05, 0) is 37.3 Å². The SMILES string of the molecule is C[C@H]1Oc2ccc(S(=O)(=O)N3CCN(C(=O)COc4ccccc4)CC3)cc2NC1=O. The minimum atomic E-state index is -3.77. The highest BCUT2D eigenvalue weighted by Gasteiger charge is 2.32. The molecule has 1 saturated heterocycles. The quantitative estimate of drug-likeness (QED) is 0.744. The van der Waals surface area contributed by atoms with E-state index in [0.29, 0.717) is 17.2 Å². The van der Waals surface area contributed by atoms with Crippen molar-refractivity contribution in [2.75, 3.05) is 38.1 Å². The molecule has 10 heteroatoms. The van der Waals surface area contributed by atoms with Crippen LogP contribution in [0, 0.1) is 0 Å². The number of benzene rings is 2. The van der Waals surface area contributed by atoms with E-state index in [2.05, 4.69) is 5.32 Å². The molecule has 2 aliphatic rings. The number of anilines is 1. The van der Waals surface area contributed by atoms with Gasteiger partial charge >= 0.3 is 0 Å². The Morgan fingerprint density at radius 2 is 1.84 bits per heavy atom. The summed E-state index contributed by atoms with van der Waals surface area (Å²) in [6.45, 7) is 2.43. The van der Waals surface area contributed by atoms with E-state index in [-0.39, 0.29) is 49.5 Å². The monoisotopic (exact) mass is 445 g/mol. The van der Waals surface area contributed by atoms with E-state index in [1.54, 1.807) is 30.0 Å². The molecule has 2 aromatic rings. The van der Waals surface area contributed by atoms with Gasteiger partial charge in [0.15, 0.2) is 12.7 Å². The van der Waals surface area contributed by atoms with Crippen LogP contribution in [0.15, 0.2) is 53.4 Å². The summed E-state index contributed by atoms with van der Waals surface area (Å²) >= 11 is 0. The highest BCUT2D eigenvalue weighted by Crippen LogP contribution is 2.32. The third-order valence-corrected chi connectivity index (χ3v) is 7.11. The van der Waals surface area contributed by atoms with Gasteiger partial charge in [0.05, 0.1) is 10.6 Å². The lowest BCUT2D eigenvalue weighted by Gasteiger charge is -2.34. The molecule has 9 nitrogen and oxygen atoms in total. The van der Waals surface area contributed by atoms with Crippen LogP contribution in [0.4, 0.5) is 5.69 Å². The van der Waals surface area contributed by atoms with Crippen molar-refractivity contribution in [3.8, 4) is 11.5 Å². The highest BCUT2D eigenvalue weighted by atomic mass is 32.2. The number of hydrogen-bond acceptors (Lipinski definition) is 6. The van der Waals surface area contributed by atoms with Crippen LogP contribution >= 0.6 is 0 Å². The van der Waals surface area contributed by atoms with Crippen LogP contribution < -0.4 is 14.8 Å². The normalized spacial score (nSPS) is 19.2. The molecule has 2 aromatic carbocycles. The predicted molar refractivity (Wildman–Crippen MR) is 112 cm³/mol. The molecular formula is C21H23N3O6S. The van der Waals surface area contributed by atoms with Gasteiger partial charge in [-0.3, -0.25) is 9.59 Å². The van der Waals surface area contributed by atoms with E-state index in [9.17, 15) is 18.0 Å². The largest absolute Gasteiger partial charge is 0.484 e. The minimum absolute atomic E-state index is 0.0666. The lowest BCUT2D eigenvalue weighted by molar-refractivity contribution is -0.134. The van der Waals surface area contributed by atoms with Crippen molar-refractivity contribution in [1.82, 2.24) is 9.21 Å². The van der Waals surface area contributed by atoms with Gasteiger partial charge in [0.25, 0.3) is 11.8 Å². The number of nitrogens with zero attached hydrogens (tertiary/aromatic N) is 2. The topological polar surface area (TPSA) is 105 Å². The Kier molecular flexibility index (Phi) is 5.84. The molecule has 0 bridgehead atoms. The molecule has 0 aromatic heterocycles. The van der Waals surface area contributed by atoms with Crippen molar-refractivity contribution in [2.45, 2.75) is 17.9 Å². The van der Waals surface area contributed by atoms with Crippen molar-refractivity contribution in [1.29, 1.82) is 0 Å². The third kappa shape index (κ3) is 4.49. The molecule has 0 radical (unpaired) electrons. The maximum atomic E-state index is 13.1. The average Bonchev–Trinajstić information content (AvgIpc) is 2.78. The summed E-state index contributed by atoms with van der Waals surface area (Å²) in [5.41, 5.74) is 0.330. The Bertz CT molecular complexity index is 1080. The first-order valence-electron chi connectivity index (χ1n) is 9.92. The first-order valence-corrected chi connectivity index (χ1v) is 11.4. The van der Waals surface area contributed by atoms with Crippen molar-refractivity contribution in [3.05, 3.63) is 48.5 Å². The Morgan fingerprint density at radius 3 is 2.55 bits per heavy atom. The third-order valence-electron chi connectivity index (χ3n) is 5.22. The Hall–Kier alpha value is -3.11. The molecule has 2 aliphatic heterocycles. The van der Waals surface area contributed by atoms with Crippen molar-refractivity contribution < 1.29 is 27.5 Å². The van der Waals surface area contributed by atoms with Gasteiger partial charge in [-0.15, -0.1) is 0 Å². The molecule has 1 N–H and O–H groups in total. The summed E-state index contributed by atoms with van der Waals surface area (Å²) in [7, 11) is -3.77. The van der Waals surface area contributed by atoms with E-state index >= 15 is 0 Å². The van der Waals surface area contributed by atoms with Gasteiger partial charge in [0.2, 0.25) is 10.0 Å². The average molecular weight is 445 g/mol. The summed E-state index contributed by atoms with van der Waals surface area (Å²) in [4.78, 5) is 25.9. The number of carbonyl (C=O) groups is 2. The van der Waals surface area contributed by atoms with E-state index < -0.39 is 16.1 Å². The standard InChI is InChI=1S/C21H23N3O6S/c1-15-21(26)22-18-13-17(7-8-19(18)30-15)31(27,28)24-11-9-23(10-12-24)20(25)14-29-16-5-3-2-4-6-16/h2-8,13,15H,9-12,14H2,1H3,(H,22,26)/t15-/m1/s1. The summed E-state index contributed by atoms with van der Waals surface area (Å²) < 4.78 is 38.4. The van der Waals surface area contributed by atoms with E-state index in [0.717, 1.165) is 0 Å². The molecule has 0 saturated carbocycles. The number of sulfonamides is 1. The first-order chi connectivity index (χ1) is 14.8. The number of nitrogens with one attached hydrogen (secondary N) is 1. The van der Waals surface area contributed by atoms with Crippen LogP contribution in [0.2, 0.25) is 0 Å². The Morgan fingerprint density at radius 1 is 1.13 bits per heavy atom. The van der Waals surface area contributed by atoms with Gasteiger partial charge in [-0.25, -0.2) is 8.42 Å². The molecule has 4 rings (SSSR count). The fraction of sp³-hybridized carbons (Fsp3) is 0.333. The summed E-state index contributed by atoms with van der Waals surface area (Å²) in [6.07, 6.45) is -0.633. The van der Waals surface area contributed by atoms with E-state index in [1.807, 2.05) is 18.2 Å². The predicted octanol–water partition coefficient (Wildman–Crippen LogP) is 1.32. The van der Waals surface area contributed by atoms with Crippen LogP contribution in [0.3, 0.4) is 0 Å².